The lowest BCUT2D eigenvalue weighted by Crippen LogP contribution is -2.33. The maximum Gasteiger partial charge on any atom is 0.328 e. The molecule has 0 saturated carbocycles. The molecule has 0 spiro atoms. The summed E-state index contributed by atoms with van der Waals surface area (Å²) in [4.78, 5) is 161. The van der Waals surface area contributed by atoms with Crippen LogP contribution in [-0.2, 0) is 97.4 Å². The van der Waals surface area contributed by atoms with Crippen molar-refractivity contribution in [3.8, 4) is 22.9 Å². The first-order valence-electron chi connectivity index (χ1n) is 33.8. The van der Waals surface area contributed by atoms with E-state index < -0.39 is 81.0 Å². The second-order valence-electron chi connectivity index (χ2n) is 26.1. The van der Waals surface area contributed by atoms with Crippen molar-refractivity contribution < 1.29 is 99.5 Å². The van der Waals surface area contributed by atoms with Gasteiger partial charge in [-0.15, -0.1) is 0 Å². The van der Waals surface area contributed by atoms with Gasteiger partial charge in [0, 0.05) is 30.6 Å². The lowest BCUT2D eigenvalue weighted by atomic mass is 10.1. The van der Waals surface area contributed by atoms with Crippen molar-refractivity contribution in [2.75, 3.05) is 66.4 Å². The molecule has 115 heavy (non-hydrogen) atoms. The molecule has 1 aliphatic heterocycles. The van der Waals surface area contributed by atoms with Gasteiger partial charge in [0.15, 0.2) is 17.5 Å². The molecule has 2 unspecified atom stereocenters. The Kier molecular flexibility index (Phi) is 38.6. The fourth-order valence-electron chi connectivity index (χ4n) is 8.46. The zero-order chi connectivity index (χ0) is 86.7. The standard InChI is InChI=1S/C21H16ClF2N3O3.C12H15N3O6.C12H17N3O4.C8H12N4O.C8H14O4.C7H9N3O2.C5H5ClN2/c1-29-12-7-6-11(16(8-12)30-2)9-27-10-15-18(21(27)28)19(22)26-20(25-15)17-13(23)4-3-5-14(17)24;1-12(2,3)21-11(17)8(10(16)20-4)9-13-5-7(6-14-9)15(18)19;1-12(2,3)19-11(17)8(10(16)18-4)9-14-5-7(13)6-15-9;1-2-10-8(13)3-7-11-4-6(9)5-12-7;1-8(2,3)12-7(10)5-6(9)11-4;1-12-7(11)2-6-9-3-5(8)4-10-6;1-4-2-7-5(6)8-3-4/h3-8H,9-10H2,1-2H3;5-6,8H,1-4H3;5-6,8H,13H2,1-4H3;4-5H,2-3,9H2,1H3,(H,10,13);5H2,1-4H3;3-4H,2,8H2,1H3;2-3H,1H3. The normalized spacial score (nSPS) is 11.5. The SMILES string of the molecule is CCNC(=O)Cc1ncc(N)cn1.COC(=O)C(C(=O)OC(C)(C)C)c1ncc(N)cn1.COC(=O)C(C(=O)OC(C)(C)C)c1ncc([N+](=O)[O-])cn1.COC(=O)CC(=O)OC(C)(C)C.COC(=O)Cc1ncc(N)cn1.COc1ccc(CN2Cc3nc(-c4c(F)cccc4F)nc(Cl)c3C2=O)c(OC)c1.Cc1cnc(Cl)nc1. The Morgan fingerprint density at radius 1 is 0.574 bits per heavy atom. The minimum Gasteiger partial charge on any atom is -0.497 e. The topological polar surface area (TPSA) is 528 Å². The number of nitrogen functional groups attached to an aromatic ring is 3. The summed E-state index contributed by atoms with van der Waals surface area (Å²) in [5, 5.41) is 13.3. The van der Waals surface area contributed by atoms with Crippen LogP contribution in [0.3, 0.4) is 0 Å². The number of rotatable bonds is 19. The number of nitrogens with one attached hydrogen (secondary N) is 1. The van der Waals surface area contributed by atoms with Gasteiger partial charge in [0.05, 0.1) is 133 Å². The Hall–Kier alpha value is -13.0. The summed E-state index contributed by atoms with van der Waals surface area (Å²) in [6, 6.07) is 8.73. The van der Waals surface area contributed by atoms with Crippen LogP contribution in [0.1, 0.15) is 138 Å². The summed E-state index contributed by atoms with van der Waals surface area (Å²) >= 11 is 11.6. The summed E-state index contributed by atoms with van der Waals surface area (Å²) in [5.74, 6) is -8.05. The fraction of sp³-hybridized carbons (Fsp3) is 0.384. The molecule has 0 saturated heterocycles. The molecule has 2 atom stereocenters. The molecule has 0 aliphatic carbocycles. The maximum absolute atomic E-state index is 14.1. The molecule has 6 aromatic heterocycles. The van der Waals surface area contributed by atoms with E-state index in [9.17, 15) is 62.0 Å². The number of benzene rings is 2. The molecular formula is C73H88Cl2F2N18O20. The average Bonchev–Trinajstić information content (AvgIpc) is 1.64. The number of hydrogen-bond acceptors (Lipinski definition) is 35. The minimum absolute atomic E-state index is 0.00435. The molecule has 2 amide bonds. The lowest BCUT2D eigenvalue weighted by molar-refractivity contribution is -0.385. The monoisotopic (exact) mass is 1640 g/mol. The van der Waals surface area contributed by atoms with Crippen LogP contribution in [0.15, 0.2) is 98.4 Å². The third kappa shape index (κ3) is 34.2. The summed E-state index contributed by atoms with van der Waals surface area (Å²) in [6.45, 7) is 20.0. The second kappa shape index (κ2) is 46.1. The molecule has 7 heterocycles. The molecule has 8 aromatic rings. The van der Waals surface area contributed by atoms with Crippen LogP contribution in [-0.4, -0.2) is 189 Å². The van der Waals surface area contributed by atoms with Crippen molar-refractivity contribution in [3.05, 3.63) is 176 Å². The van der Waals surface area contributed by atoms with Gasteiger partial charge < -0.3 is 70.0 Å². The van der Waals surface area contributed by atoms with E-state index in [4.69, 9.17) is 64.1 Å². The predicted molar refractivity (Wildman–Crippen MR) is 407 cm³/mol. The number of methoxy groups -OCH3 is 6. The molecule has 7 N–H and O–H groups in total. The molecule has 9 rings (SSSR count). The van der Waals surface area contributed by atoms with Crippen molar-refractivity contribution in [3.63, 3.8) is 0 Å². The first-order chi connectivity index (χ1) is 53.9. The number of esters is 7. The molecule has 42 heteroatoms. The van der Waals surface area contributed by atoms with Crippen molar-refractivity contribution in [1.82, 2.24) is 70.0 Å². The van der Waals surface area contributed by atoms with E-state index in [0.29, 0.717) is 57.7 Å². The van der Waals surface area contributed by atoms with Gasteiger partial charge in [-0.1, -0.05) is 17.7 Å². The van der Waals surface area contributed by atoms with E-state index in [0.717, 1.165) is 42.8 Å². The predicted octanol–water partition coefficient (Wildman–Crippen LogP) is 7.73. The van der Waals surface area contributed by atoms with Gasteiger partial charge in [-0.05, 0) is 118 Å². The number of fused-ring (bicyclic) bond motifs is 1. The van der Waals surface area contributed by atoms with Crippen LogP contribution in [0.5, 0.6) is 11.5 Å². The maximum atomic E-state index is 14.1. The number of ether oxygens (including phenoxy) is 9. The number of hydrogen-bond donors (Lipinski definition) is 4. The van der Waals surface area contributed by atoms with Crippen LogP contribution in [0.4, 0.5) is 31.5 Å². The number of amides is 2. The van der Waals surface area contributed by atoms with Crippen LogP contribution >= 0.6 is 23.2 Å². The number of nitrogens with zero attached hydrogens (tertiary/aromatic N) is 14. The third-order valence-electron chi connectivity index (χ3n) is 13.4. The molecular weight excluding hydrogens is 1560 g/mol. The first-order valence-corrected chi connectivity index (χ1v) is 34.5. The van der Waals surface area contributed by atoms with Crippen LogP contribution in [0.2, 0.25) is 10.4 Å². The van der Waals surface area contributed by atoms with E-state index in [-0.39, 0.29) is 89.6 Å². The van der Waals surface area contributed by atoms with E-state index in [1.165, 1.54) is 76.6 Å². The number of nitrogens with two attached hydrogens (primary N) is 3. The Morgan fingerprint density at radius 2 is 1.03 bits per heavy atom. The van der Waals surface area contributed by atoms with Crippen LogP contribution < -0.4 is 32.0 Å². The summed E-state index contributed by atoms with van der Waals surface area (Å²) < 4.78 is 71.8. The number of carbonyl (C=O) groups is 9. The quantitative estimate of drug-likeness (QED) is 0.0114. The van der Waals surface area contributed by atoms with E-state index in [1.54, 1.807) is 100 Å². The smallest absolute Gasteiger partial charge is 0.328 e. The van der Waals surface area contributed by atoms with E-state index >= 15 is 0 Å². The average molecular weight is 1650 g/mol. The Balaban J connectivity index is 0.000000361. The van der Waals surface area contributed by atoms with Crippen molar-refractivity contribution in [2.24, 2.45) is 0 Å². The van der Waals surface area contributed by atoms with Crippen molar-refractivity contribution in [1.29, 1.82) is 0 Å². The highest BCUT2D eigenvalue weighted by Crippen LogP contribution is 2.34. The molecule has 0 fully saturated rings. The van der Waals surface area contributed by atoms with E-state index in [1.807, 2.05) is 13.8 Å². The Morgan fingerprint density at radius 3 is 1.43 bits per heavy atom. The second-order valence-corrected chi connectivity index (χ2v) is 26.8. The van der Waals surface area contributed by atoms with Gasteiger partial charge in [0.1, 0.15) is 87.5 Å². The Bertz CT molecular complexity index is 4560. The fourth-order valence-corrected chi connectivity index (χ4v) is 8.82. The van der Waals surface area contributed by atoms with E-state index in [2.05, 4.69) is 84.1 Å². The largest absolute Gasteiger partial charge is 0.497 e. The van der Waals surface area contributed by atoms with Gasteiger partial charge >= 0.3 is 47.5 Å². The zero-order valence-electron chi connectivity index (χ0n) is 65.8. The number of halogens is 4. The van der Waals surface area contributed by atoms with Gasteiger partial charge in [-0.2, -0.15) is 0 Å². The molecule has 38 nitrogen and oxygen atoms in total. The highest BCUT2D eigenvalue weighted by atomic mass is 35.5. The lowest BCUT2D eigenvalue weighted by Gasteiger charge is -2.22. The van der Waals surface area contributed by atoms with Gasteiger partial charge in [0.2, 0.25) is 23.0 Å². The summed E-state index contributed by atoms with van der Waals surface area (Å²) in [5.41, 5.74) is 16.9. The minimum atomic E-state index is -1.49. The van der Waals surface area contributed by atoms with Gasteiger partial charge in [0.25, 0.3) is 5.91 Å². The van der Waals surface area contributed by atoms with Gasteiger partial charge in [-0.3, -0.25) is 53.3 Å². The summed E-state index contributed by atoms with van der Waals surface area (Å²) in [6.07, 6.45) is 13.6. The van der Waals surface area contributed by atoms with Gasteiger partial charge in [-0.25, -0.2) is 68.6 Å². The highest BCUT2D eigenvalue weighted by molar-refractivity contribution is 6.33. The molecule has 0 radical (unpaired) electrons. The molecule has 1 aliphatic rings. The number of aromatic nitrogens is 12. The highest BCUT2D eigenvalue weighted by Gasteiger charge is 2.39. The summed E-state index contributed by atoms with van der Waals surface area (Å²) in [7, 11) is 7.90. The number of aryl methyl sites for hydroxylation is 1. The molecule has 2 aromatic carbocycles. The molecule has 0 bridgehead atoms. The number of nitro groups is 1. The van der Waals surface area contributed by atoms with Crippen molar-refractivity contribution in [2.45, 2.75) is 137 Å². The number of anilines is 3. The first kappa shape index (κ1) is 96.2. The zero-order valence-corrected chi connectivity index (χ0v) is 67.3. The molecule has 618 valence electrons. The van der Waals surface area contributed by atoms with Crippen molar-refractivity contribution >= 4 is 99.6 Å². The number of likely N-dealkylation sites (N-methyl/N-ethyl adjacent to an activating group) is 1. The Labute approximate surface area is 668 Å². The third-order valence-corrected chi connectivity index (χ3v) is 13.9. The van der Waals surface area contributed by atoms with Crippen LogP contribution in [0.25, 0.3) is 11.4 Å². The van der Waals surface area contributed by atoms with Crippen LogP contribution in [0, 0.1) is 28.7 Å². The number of carbonyl (C=O) groups excluding carboxylic acids is 9.